The maximum absolute atomic E-state index is 10.8. The molecule has 2 aromatic rings. The first-order chi connectivity index (χ1) is 11.2. The number of para-hydroxylation sites is 1. The monoisotopic (exact) mass is 303 g/mol. The van der Waals surface area contributed by atoms with E-state index in [1.165, 1.54) is 5.56 Å². The molecule has 2 aromatic carbocycles. The van der Waals surface area contributed by atoms with Crippen LogP contribution in [-0.4, -0.2) is 6.29 Å². The predicted octanol–water partition coefficient (Wildman–Crippen LogP) is 5.26. The summed E-state index contributed by atoms with van der Waals surface area (Å²) in [7, 11) is 0. The topological polar surface area (TPSA) is 29.1 Å². The summed E-state index contributed by atoms with van der Waals surface area (Å²) in [4.78, 5) is 10.8. The van der Waals surface area contributed by atoms with Crippen LogP contribution in [0, 0.1) is 5.92 Å². The van der Waals surface area contributed by atoms with E-state index in [9.17, 15) is 4.79 Å². The fourth-order valence-corrected chi connectivity index (χ4v) is 3.29. The highest BCUT2D eigenvalue weighted by molar-refractivity contribution is 5.76. The molecule has 3 rings (SSSR count). The fraction of sp³-hybridized carbons (Fsp3) is 0.190. The average Bonchev–Trinajstić information content (AvgIpc) is 3.30. The lowest BCUT2D eigenvalue weighted by molar-refractivity contribution is 0.112. The first-order valence-corrected chi connectivity index (χ1v) is 7.91. The largest absolute Gasteiger partial charge is 0.355 e. The molecule has 23 heavy (non-hydrogen) atoms. The Labute approximate surface area is 137 Å². The summed E-state index contributed by atoms with van der Waals surface area (Å²) in [6, 6.07) is 15.9. The molecule has 0 spiro atoms. The van der Waals surface area contributed by atoms with Crippen LogP contribution in [0.1, 0.15) is 29.3 Å². The second-order valence-electron chi connectivity index (χ2n) is 6.00. The number of hydrogen-bond donors (Lipinski definition) is 1. The van der Waals surface area contributed by atoms with Crippen LogP contribution in [0.3, 0.4) is 0 Å². The standard InChI is InChI=1S/C21H21NO/c1-3-13-21(14-17(21)4-2)19-7-5-6-8-20(19)22-18-11-9-16(15-23)10-12-18/h3-13,15,17,22H,2,14H2,1H3/b13-3-. The van der Waals surface area contributed by atoms with Crippen molar-refractivity contribution in [1.29, 1.82) is 0 Å². The smallest absolute Gasteiger partial charge is 0.150 e. The molecule has 0 saturated heterocycles. The van der Waals surface area contributed by atoms with Gasteiger partial charge in [0.1, 0.15) is 6.29 Å². The van der Waals surface area contributed by atoms with Gasteiger partial charge in [-0.3, -0.25) is 4.79 Å². The molecule has 2 heteroatoms. The Balaban J connectivity index is 1.94. The van der Waals surface area contributed by atoms with Crippen molar-refractivity contribution in [2.24, 2.45) is 5.92 Å². The Morgan fingerprint density at radius 3 is 2.52 bits per heavy atom. The van der Waals surface area contributed by atoms with Gasteiger partial charge in [-0.25, -0.2) is 0 Å². The van der Waals surface area contributed by atoms with E-state index in [2.05, 4.69) is 55.2 Å². The highest BCUT2D eigenvalue weighted by atomic mass is 16.1. The van der Waals surface area contributed by atoms with Gasteiger partial charge in [0.25, 0.3) is 0 Å². The summed E-state index contributed by atoms with van der Waals surface area (Å²) in [5.41, 5.74) is 4.12. The molecule has 0 amide bonds. The van der Waals surface area contributed by atoms with Crippen molar-refractivity contribution < 1.29 is 4.79 Å². The molecule has 0 bridgehead atoms. The van der Waals surface area contributed by atoms with Gasteiger partial charge in [0, 0.05) is 22.4 Å². The number of benzene rings is 2. The summed E-state index contributed by atoms with van der Waals surface area (Å²) in [5, 5.41) is 3.49. The van der Waals surface area contributed by atoms with Gasteiger partial charge in [0.15, 0.2) is 0 Å². The third-order valence-corrected chi connectivity index (χ3v) is 4.56. The molecule has 1 aliphatic rings. The summed E-state index contributed by atoms with van der Waals surface area (Å²) < 4.78 is 0. The van der Waals surface area contributed by atoms with Crippen LogP contribution in [0.25, 0.3) is 0 Å². The van der Waals surface area contributed by atoms with Crippen molar-refractivity contribution in [2.45, 2.75) is 18.8 Å². The Hall–Kier alpha value is -2.61. The van der Waals surface area contributed by atoms with Crippen molar-refractivity contribution in [2.75, 3.05) is 5.32 Å². The molecule has 2 atom stereocenters. The number of allylic oxidation sites excluding steroid dienone is 3. The molecule has 1 N–H and O–H groups in total. The minimum absolute atomic E-state index is 0.0584. The van der Waals surface area contributed by atoms with Gasteiger partial charge in [-0.2, -0.15) is 0 Å². The SMILES string of the molecule is C=CC1CC1(/C=C\C)c1ccccc1Nc1ccc(C=O)cc1. The summed E-state index contributed by atoms with van der Waals surface area (Å²) in [6.45, 7) is 6.04. The number of carbonyl (C=O) groups is 1. The maximum atomic E-state index is 10.8. The summed E-state index contributed by atoms with van der Waals surface area (Å²) in [5.74, 6) is 0.485. The zero-order valence-corrected chi connectivity index (χ0v) is 13.3. The predicted molar refractivity (Wildman–Crippen MR) is 96.4 cm³/mol. The molecule has 0 heterocycles. The molecule has 0 radical (unpaired) electrons. The van der Waals surface area contributed by atoms with Crippen LogP contribution in [0.2, 0.25) is 0 Å². The molecule has 0 aliphatic heterocycles. The van der Waals surface area contributed by atoms with E-state index in [-0.39, 0.29) is 5.41 Å². The van der Waals surface area contributed by atoms with Crippen LogP contribution in [0.15, 0.2) is 73.3 Å². The highest BCUT2D eigenvalue weighted by Crippen LogP contribution is 2.58. The first-order valence-electron chi connectivity index (χ1n) is 7.91. The Morgan fingerprint density at radius 1 is 1.17 bits per heavy atom. The number of anilines is 2. The lowest BCUT2D eigenvalue weighted by Gasteiger charge is -2.19. The Kier molecular flexibility index (Phi) is 4.16. The van der Waals surface area contributed by atoms with Gasteiger partial charge in [-0.15, -0.1) is 6.58 Å². The molecule has 1 saturated carbocycles. The molecule has 2 nitrogen and oxygen atoms in total. The van der Waals surface area contributed by atoms with Crippen LogP contribution in [0.5, 0.6) is 0 Å². The molecule has 1 aliphatic carbocycles. The quantitative estimate of drug-likeness (QED) is 0.582. The average molecular weight is 303 g/mol. The van der Waals surface area contributed by atoms with E-state index in [1.54, 1.807) is 0 Å². The van der Waals surface area contributed by atoms with Crippen molar-refractivity contribution in [3.05, 3.63) is 84.5 Å². The minimum Gasteiger partial charge on any atom is -0.355 e. The van der Waals surface area contributed by atoms with E-state index in [0.29, 0.717) is 11.5 Å². The Bertz CT molecular complexity index is 745. The second-order valence-corrected chi connectivity index (χ2v) is 6.00. The summed E-state index contributed by atoms with van der Waals surface area (Å²) >= 11 is 0. The fourth-order valence-electron chi connectivity index (χ4n) is 3.29. The lowest BCUT2D eigenvalue weighted by Crippen LogP contribution is -2.09. The van der Waals surface area contributed by atoms with Gasteiger partial charge >= 0.3 is 0 Å². The van der Waals surface area contributed by atoms with Crippen LogP contribution < -0.4 is 5.32 Å². The van der Waals surface area contributed by atoms with Crippen molar-refractivity contribution >= 4 is 17.7 Å². The number of rotatable bonds is 6. The van der Waals surface area contributed by atoms with Gasteiger partial charge in [0.2, 0.25) is 0 Å². The van der Waals surface area contributed by atoms with E-state index in [1.807, 2.05) is 30.3 Å². The van der Waals surface area contributed by atoms with Gasteiger partial charge < -0.3 is 5.32 Å². The van der Waals surface area contributed by atoms with Gasteiger partial charge in [-0.05, 0) is 55.2 Å². The number of aldehydes is 1. The van der Waals surface area contributed by atoms with Gasteiger partial charge in [0.05, 0.1) is 0 Å². The molecule has 0 aromatic heterocycles. The van der Waals surface area contributed by atoms with Crippen LogP contribution >= 0.6 is 0 Å². The zero-order valence-electron chi connectivity index (χ0n) is 13.3. The zero-order chi connectivity index (χ0) is 16.3. The lowest BCUT2D eigenvalue weighted by atomic mass is 9.91. The molecule has 2 unspecified atom stereocenters. The highest BCUT2D eigenvalue weighted by Gasteiger charge is 2.52. The van der Waals surface area contributed by atoms with E-state index < -0.39 is 0 Å². The molecular weight excluding hydrogens is 282 g/mol. The third kappa shape index (κ3) is 2.85. The molecule has 1 fully saturated rings. The Morgan fingerprint density at radius 2 is 1.91 bits per heavy atom. The summed E-state index contributed by atoms with van der Waals surface area (Å²) in [6.07, 6.45) is 8.42. The normalized spacial score (nSPS) is 22.7. The van der Waals surface area contributed by atoms with Crippen molar-refractivity contribution in [1.82, 2.24) is 0 Å². The van der Waals surface area contributed by atoms with E-state index >= 15 is 0 Å². The van der Waals surface area contributed by atoms with E-state index in [4.69, 9.17) is 0 Å². The maximum Gasteiger partial charge on any atom is 0.150 e. The number of carbonyl (C=O) groups excluding carboxylic acids is 1. The van der Waals surface area contributed by atoms with Crippen LogP contribution in [-0.2, 0) is 5.41 Å². The third-order valence-electron chi connectivity index (χ3n) is 4.56. The molecule has 116 valence electrons. The second kappa shape index (κ2) is 6.25. The van der Waals surface area contributed by atoms with Crippen molar-refractivity contribution in [3.8, 4) is 0 Å². The number of nitrogens with one attached hydrogen (secondary N) is 1. The van der Waals surface area contributed by atoms with Crippen molar-refractivity contribution in [3.63, 3.8) is 0 Å². The first kappa shape index (κ1) is 15.3. The minimum atomic E-state index is 0.0584. The van der Waals surface area contributed by atoms with E-state index in [0.717, 1.165) is 24.1 Å². The van der Waals surface area contributed by atoms with Crippen LogP contribution in [0.4, 0.5) is 11.4 Å². The number of hydrogen-bond acceptors (Lipinski definition) is 2. The molecular formula is C21H21NO. The van der Waals surface area contributed by atoms with Gasteiger partial charge in [-0.1, -0.05) is 36.4 Å².